The fraction of sp³-hybridized carbons (Fsp3) is 0.227. The van der Waals surface area contributed by atoms with E-state index >= 15 is 0 Å². The lowest BCUT2D eigenvalue weighted by Gasteiger charge is -2.09. The summed E-state index contributed by atoms with van der Waals surface area (Å²) in [5, 5.41) is 6.98. The van der Waals surface area contributed by atoms with Crippen LogP contribution in [0.25, 0.3) is 0 Å². The number of rotatable bonds is 8. The van der Waals surface area contributed by atoms with Crippen molar-refractivity contribution in [3.8, 4) is 5.75 Å². The number of carbonyl (C=O) groups excluding carboxylic acids is 2. The van der Waals surface area contributed by atoms with Crippen molar-refractivity contribution in [1.29, 1.82) is 0 Å². The highest BCUT2D eigenvalue weighted by Gasteiger charge is 2.12. The second kappa shape index (κ2) is 10.3. The predicted molar refractivity (Wildman–Crippen MR) is 117 cm³/mol. The van der Waals surface area contributed by atoms with Crippen LogP contribution in [0.2, 0.25) is 10.0 Å². The smallest absolute Gasteiger partial charge is 0.310 e. The standard InChI is InChI=1S/C22H20Cl2N2O5/c1-13-17(14(2)31-26-13)11-29-16-8-6-15(7-9-16)10-21(28)30-12-20(27)25-19-5-3-4-18(23)22(19)24/h3-9H,10-12H2,1-2H3,(H,25,27). The maximum Gasteiger partial charge on any atom is 0.310 e. The summed E-state index contributed by atoms with van der Waals surface area (Å²) in [5.41, 5.74) is 2.78. The van der Waals surface area contributed by atoms with E-state index in [9.17, 15) is 9.59 Å². The highest BCUT2D eigenvalue weighted by atomic mass is 35.5. The van der Waals surface area contributed by atoms with E-state index < -0.39 is 18.5 Å². The van der Waals surface area contributed by atoms with Gasteiger partial charge >= 0.3 is 5.97 Å². The average Bonchev–Trinajstić information content (AvgIpc) is 3.07. The largest absolute Gasteiger partial charge is 0.489 e. The molecule has 0 bridgehead atoms. The lowest BCUT2D eigenvalue weighted by Crippen LogP contribution is -2.21. The molecule has 0 aliphatic heterocycles. The van der Waals surface area contributed by atoms with Gasteiger partial charge in [-0.3, -0.25) is 9.59 Å². The fourth-order valence-corrected chi connectivity index (χ4v) is 3.07. The third kappa shape index (κ3) is 6.23. The molecule has 1 aromatic heterocycles. The molecule has 0 fully saturated rings. The van der Waals surface area contributed by atoms with E-state index in [4.69, 9.17) is 37.2 Å². The van der Waals surface area contributed by atoms with Crippen molar-refractivity contribution in [3.63, 3.8) is 0 Å². The first-order chi connectivity index (χ1) is 14.8. The Morgan fingerprint density at radius 2 is 1.84 bits per heavy atom. The van der Waals surface area contributed by atoms with Crippen LogP contribution in [0.3, 0.4) is 0 Å². The van der Waals surface area contributed by atoms with Crippen LogP contribution < -0.4 is 10.1 Å². The fourth-order valence-electron chi connectivity index (χ4n) is 2.72. The van der Waals surface area contributed by atoms with Crippen LogP contribution in [-0.2, 0) is 27.4 Å². The molecule has 31 heavy (non-hydrogen) atoms. The van der Waals surface area contributed by atoms with E-state index in [2.05, 4.69) is 10.5 Å². The number of ether oxygens (including phenoxy) is 2. The van der Waals surface area contributed by atoms with E-state index in [-0.39, 0.29) is 11.4 Å². The third-order valence-electron chi connectivity index (χ3n) is 4.43. The van der Waals surface area contributed by atoms with E-state index in [1.165, 1.54) is 0 Å². The van der Waals surface area contributed by atoms with Crippen LogP contribution in [-0.4, -0.2) is 23.6 Å². The minimum atomic E-state index is -0.531. The molecule has 0 saturated carbocycles. The quantitative estimate of drug-likeness (QED) is 0.478. The average molecular weight is 463 g/mol. The van der Waals surface area contributed by atoms with Gasteiger partial charge in [0, 0.05) is 0 Å². The SMILES string of the molecule is Cc1noc(C)c1COc1ccc(CC(=O)OCC(=O)Nc2cccc(Cl)c2Cl)cc1. The lowest BCUT2D eigenvalue weighted by molar-refractivity contribution is -0.146. The molecule has 2 aromatic carbocycles. The molecule has 1 N–H and O–H groups in total. The van der Waals surface area contributed by atoms with Gasteiger partial charge in [-0.25, -0.2) is 0 Å². The zero-order chi connectivity index (χ0) is 22.4. The van der Waals surface area contributed by atoms with Gasteiger partial charge in [0.05, 0.1) is 33.4 Å². The first-order valence-corrected chi connectivity index (χ1v) is 10.1. The summed E-state index contributed by atoms with van der Waals surface area (Å²) in [6.45, 7) is 3.60. The molecule has 7 nitrogen and oxygen atoms in total. The van der Waals surface area contributed by atoms with Gasteiger partial charge in [0.25, 0.3) is 5.91 Å². The van der Waals surface area contributed by atoms with E-state index in [0.29, 0.717) is 23.1 Å². The van der Waals surface area contributed by atoms with E-state index in [1.54, 1.807) is 42.5 Å². The second-order valence-electron chi connectivity index (χ2n) is 6.72. The minimum absolute atomic E-state index is 0.0232. The van der Waals surface area contributed by atoms with Crippen LogP contribution in [0, 0.1) is 13.8 Å². The minimum Gasteiger partial charge on any atom is -0.489 e. The number of aromatic nitrogens is 1. The zero-order valence-corrected chi connectivity index (χ0v) is 18.4. The number of hydrogen-bond donors (Lipinski definition) is 1. The van der Waals surface area contributed by atoms with Gasteiger partial charge in [0.15, 0.2) is 6.61 Å². The van der Waals surface area contributed by atoms with Gasteiger partial charge in [0.1, 0.15) is 18.1 Å². The Balaban J connectivity index is 1.45. The maximum absolute atomic E-state index is 12.0. The molecule has 3 aromatic rings. The summed E-state index contributed by atoms with van der Waals surface area (Å²) in [6, 6.07) is 11.9. The number of halogens is 2. The van der Waals surface area contributed by atoms with Gasteiger partial charge < -0.3 is 19.3 Å². The Kier molecular flexibility index (Phi) is 7.55. The second-order valence-corrected chi connectivity index (χ2v) is 7.51. The molecule has 0 aliphatic rings. The molecule has 0 unspecified atom stereocenters. The van der Waals surface area contributed by atoms with Gasteiger partial charge in [-0.15, -0.1) is 0 Å². The zero-order valence-electron chi connectivity index (χ0n) is 16.9. The normalized spacial score (nSPS) is 10.6. The first-order valence-electron chi connectivity index (χ1n) is 9.36. The number of esters is 1. The van der Waals surface area contributed by atoms with Gasteiger partial charge in [0.2, 0.25) is 0 Å². The molecule has 162 valence electrons. The van der Waals surface area contributed by atoms with Crippen LogP contribution in [0.4, 0.5) is 5.69 Å². The molecular weight excluding hydrogens is 443 g/mol. The Bertz CT molecular complexity index is 1060. The van der Waals surface area contributed by atoms with Gasteiger partial charge in [-0.2, -0.15) is 0 Å². The summed E-state index contributed by atoms with van der Waals surface area (Å²) >= 11 is 11.9. The van der Waals surface area contributed by atoms with Crippen molar-refractivity contribution in [3.05, 3.63) is 75.1 Å². The maximum atomic E-state index is 12.0. The van der Waals surface area contributed by atoms with Crippen LogP contribution in [0.5, 0.6) is 5.75 Å². The van der Waals surface area contributed by atoms with Crippen molar-refractivity contribution < 1.29 is 23.6 Å². The summed E-state index contributed by atoms with van der Waals surface area (Å²) in [7, 11) is 0. The van der Waals surface area contributed by atoms with Crippen LogP contribution in [0.15, 0.2) is 47.0 Å². The number of aryl methyl sites for hydroxylation is 2. The van der Waals surface area contributed by atoms with Crippen molar-refractivity contribution in [2.24, 2.45) is 0 Å². The number of carbonyl (C=O) groups is 2. The number of amides is 1. The lowest BCUT2D eigenvalue weighted by atomic mass is 10.1. The summed E-state index contributed by atoms with van der Waals surface area (Å²) in [4.78, 5) is 24.0. The molecular formula is C22H20Cl2N2O5. The Morgan fingerprint density at radius 3 is 2.52 bits per heavy atom. The number of nitrogens with zero attached hydrogens (tertiary/aromatic N) is 1. The summed E-state index contributed by atoms with van der Waals surface area (Å²) in [5.74, 6) is 0.325. The number of anilines is 1. The molecule has 9 heteroatoms. The Hall–Kier alpha value is -3.03. The predicted octanol–water partition coefficient (Wildman–Crippen LogP) is 4.90. The molecule has 0 atom stereocenters. The van der Waals surface area contributed by atoms with Crippen LogP contribution >= 0.6 is 23.2 Å². The summed E-state index contributed by atoms with van der Waals surface area (Å²) in [6.07, 6.45) is 0.0232. The number of benzene rings is 2. The first kappa shape index (κ1) is 22.7. The Morgan fingerprint density at radius 1 is 1.10 bits per heavy atom. The van der Waals surface area contributed by atoms with Gasteiger partial charge in [-0.1, -0.05) is 46.6 Å². The molecule has 0 radical (unpaired) electrons. The molecule has 0 aliphatic carbocycles. The Labute approximate surface area is 189 Å². The van der Waals surface area contributed by atoms with Crippen molar-refractivity contribution in [2.45, 2.75) is 26.9 Å². The van der Waals surface area contributed by atoms with E-state index in [1.807, 2.05) is 13.8 Å². The topological polar surface area (TPSA) is 90.7 Å². The monoisotopic (exact) mass is 462 g/mol. The third-order valence-corrected chi connectivity index (χ3v) is 5.25. The number of hydrogen-bond acceptors (Lipinski definition) is 6. The van der Waals surface area contributed by atoms with Crippen molar-refractivity contribution in [2.75, 3.05) is 11.9 Å². The molecule has 1 heterocycles. The number of nitrogens with one attached hydrogen (secondary N) is 1. The molecule has 1 amide bonds. The molecule has 0 spiro atoms. The van der Waals surface area contributed by atoms with Gasteiger partial charge in [-0.05, 0) is 43.7 Å². The highest BCUT2D eigenvalue weighted by molar-refractivity contribution is 6.44. The van der Waals surface area contributed by atoms with E-state index in [0.717, 1.165) is 22.6 Å². The molecule has 0 saturated heterocycles. The summed E-state index contributed by atoms with van der Waals surface area (Å²) < 4.78 is 15.9. The van der Waals surface area contributed by atoms with Crippen molar-refractivity contribution in [1.82, 2.24) is 5.16 Å². The highest BCUT2D eigenvalue weighted by Crippen LogP contribution is 2.29. The van der Waals surface area contributed by atoms with Crippen molar-refractivity contribution >= 4 is 40.8 Å². The van der Waals surface area contributed by atoms with Crippen LogP contribution in [0.1, 0.15) is 22.6 Å². The molecule has 3 rings (SSSR count).